The molecule has 0 radical (unpaired) electrons. The highest BCUT2D eigenvalue weighted by Crippen LogP contribution is 2.42. The number of aromatic nitrogens is 2. The molecule has 6 nitrogen and oxygen atoms in total. The van der Waals surface area contributed by atoms with E-state index in [0.29, 0.717) is 12.4 Å². The minimum absolute atomic E-state index is 0.114. The molecule has 7 heteroatoms. The molecule has 3 aromatic rings. The maximum atomic E-state index is 5.58. The number of rotatable bonds is 5. The maximum Gasteiger partial charge on any atom is 0.240 e. The second kappa shape index (κ2) is 7.80. The summed E-state index contributed by atoms with van der Waals surface area (Å²) in [7, 11) is 3.36. The van der Waals surface area contributed by atoms with Crippen LogP contribution in [0.3, 0.4) is 0 Å². The Morgan fingerprint density at radius 2 is 1.97 bits per heavy atom. The molecule has 0 bridgehead atoms. The fourth-order valence-corrected chi connectivity index (χ4v) is 4.62. The molecule has 0 fully saturated rings. The van der Waals surface area contributed by atoms with E-state index in [9.17, 15) is 0 Å². The zero-order valence-electron chi connectivity index (χ0n) is 17.6. The van der Waals surface area contributed by atoms with Gasteiger partial charge < -0.3 is 14.0 Å². The number of fused-ring (bicyclic) bond motifs is 1. The second-order valence-electron chi connectivity index (χ2n) is 8.31. The SMILES string of the molecule is COc1cc2c(cc1OC)[C@@H](c1cccs1)N(Cc1nc(C(C)(C)C)no1)CC2. The Morgan fingerprint density at radius 3 is 2.59 bits per heavy atom. The molecule has 154 valence electrons. The van der Waals surface area contributed by atoms with Gasteiger partial charge in [-0.3, -0.25) is 4.90 Å². The van der Waals surface area contributed by atoms with Crippen molar-refractivity contribution in [3.05, 3.63) is 57.4 Å². The minimum Gasteiger partial charge on any atom is -0.493 e. The third-order valence-corrected chi connectivity index (χ3v) is 6.19. The summed E-state index contributed by atoms with van der Waals surface area (Å²) < 4.78 is 16.7. The van der Waals surface area contributed by atoms with E-state index in [2.05, 4.69) is 65.5 Å². The third kappa shape index (κ3) is 3.89. The summed E-state index contributed by atoms with van der Waals surface area (Å²) in [6.07, 6.45) is 0.928. The Kier molecular flexibility index (Phi) is 5.36. The first-order valence-corrected chi connectivity index (χ1v) is 10.6. The monoisotopic (exact) mass is 413 g/mol. The van der Waals surface area contributed by atoms with Crippen molar-refractivity contribution < 1.29 is 14.0 Å². The van der Waals surface area contributed by atoms with E-state index < -0.39 is 0 Å². The van der Waals surface area contributed by atoms with Crippen molar-refractivity contribution in [3.63, 3.8) is 0 Å². The fourth-order valence-electron chi connectivity index (χ4n) is 3.75. The zero-order chi connectivity index (χ0) is 20.6. The van der Waals surface area contributed by atoms with E-state index >= 15 is 0 Å². The highest BCUT2D eigenvalue weighted by Gasteiger charge is 2.32. The Balaban J connectivity index is 1.71. The molecule has 3 heterocycles. The number of hydrogen-bond acceptors (Lipinski definition) is 7. The van der Waals surface area contributed by atoms with Crippen LogP contribution in [0.5, 0.6) is 11.5 Å². The lowest BCUT2D eigenvalue weighted by Gasteiger charge is -2.36. The molecule has 1 aliphatic heterocycles. The van der Waals surface area contributed by atoms with Crippen LogP contribution in [0.1, 0.15) is 54.5 Å². The lowest BCUT2D eigenvalue weighted by atomic mass is 9.91. The van der Waals surface area contributed by atoms with Gasteiger partial charge in [0.1, 0.15) is 0 Å². The molecule has 1 aromatic carbocycles. The summed E-state index contributed by atoms with van der Waals surface area (Å²) in [5.74, 6) is 2.92. The van der Waals surface area contributed by atoms with Gasteiger partial charge in [-0.05, 0) is 41.1 Å². The van der Waals surface area contributed by atoms with Gasteiger partial charge in [-0.15, -0.1) is 11.3 Å². The predicted octanol–water partition coefficient (Wildman–Crippen LogP) is 4.59. The van der Waals surface area contributed by atoms with Crippen LogP contribution in [0.15, 0.2) is 34.2 Å². The van der Waals surface area contributed by atoms with Crippen molar-refractivity contribution in [1.29, 1.82) is 0 Å². The van der Waals surface area contributed by atoms with E-state index in [4.69, 9.17) is 14.0 Å². The standard InChI is InChI=1S/C22H27N3O3S/c1-22(2,3)21-23-19(28-24-21)13-25-9-8-14-11-16(26-4)17(27-5)12-15(14)20(25)18-7-6-10-29-18/h6-7,10-12,20H,8-9,13H2,1-5H3/t20-/m0/s1. The van der Waals surface area contributed by atoms with Crippen LogP contribution in [0.4, 0.5) is 0 Å². The first-order valence-electron chi connectivity index (χ1n) is 9.76. The lowest BCUT2D eigenvalue weighted by Crippen LogP contribution is -2.35. The smallest absolute Gasteiger partial charge is 0.240 e. The van der Waals surface area contributed by atoms with Crippen molar-refractivity contribution in [2.24, 2.45) is 0 Å². The van der Waals surface area contributed by atoms with Crippen molar-refractivity contribution in [1.82, 2.24) is 15.0 Å². The summed E-state index contributed by atoms with van der Waals surface area (Å²) >= 11 is 1.76. The predicted molar refractivity (Wildman–Crippen MR) is 113 cm³/mol. The van der Waals surface area contributed by atoms with Gasteiger partial charge in [-0.2, -0.15) is 4.98 Å². The van der Waals surface area contributed by atoms with Crippen LogP contribution in [-0.4, -0.2) is 35.8 Å². The molecule has 1 aliphatic rings. The summed E-state index contributed by atoms with van der Waals surface area (Å²) in [6, 6.07) is 8.61. The summed E-state index contributed by atoms with van der Waals surface area (Å²) in [6.45, 7) is 7.78. The Hall–Kier alpha value is -2.38. The number of thiophene rings is 1. The molecule has 0 saturated carbocycles. The minimum atomic E-state index is -0.132. The molecular weight excluding hydrogens is 386 g/mol. The fraction of sp³-hybridized carbons (Fsp3) is 0.455. The van der Waals surface area contributed by atoms with Crippen molar-refractivity contribution in [2.45, 2.75) is 45.2 Å². The number of ether oxygens (including phenoxy) is 2. The first-order chi connectivity index (χ1) is 13.9. The zero-order valence-corrected chi connectivity index (χ0v) is 18.4. The summed E-state index contributed by atoms with van der Waals surface area (Å²) in [5, 5.41) is 6.31. The van der Waals surface area contributed by atoms with Crippen molar-refractivity contribution in [3.8, 4) is 11.5 Å². The van der Waals surface area contributed by atoms with Crippen LogP contribution < -0.4 is 9.47 Å². The van der Waals surface area contributed by atoms with Crippen molar-refractivity contribution in [2.75, 3.05) is 20.8 Å². The highest BCUT2D eigenvalue weighted by atomic mass is 32.1. The topological polar surface area (TPSA) is 60.6 Å². The molecule has 0 saturated heterocycles. The van der Waals surface area contributed by atoms with E-state index in [1.165, 1.54) is 16.0 Å². The number of nitrogens with zero attached hydrogens (tertiary/aromatic N) is 3. The van der Waals surface area contributed by atoms with Crippen LogP contribution in [0, 0.1) is 0 Å². The first kappa shape index (κ1) is 19.9. The van der Waals surface area contributed by atoms with Crippen LogP contribution in [-0.2, 0) is 18.4 Å². The highest BCUT2D eigenvalue weighted by molar-refractivity contribution is 7.10. The molecule has 4 rings (SSSR count). The maximum absolute atomic E-state index is 5.58. The molecule has 0 spiro atoms. The van der Waals surface area contributed by atoms with Gasteiger partial charge >= 0.3 is 0 Å². The quantitative estimate of drug-likeness (QED) is 0.610. The number of hydrogen-bond donors (Lipinski definition) is 0. The second-order valence-corrected chi connectivity index (χ2v) is 9.29. The molecule has 0 amide bonds. The normalized spacial score (nSPS) is 17.2. The summed E-state index contributed by atoms with van der Waals surface area (Å²) in [4.78, 5) is 8.34. The average Bonchev–Trinajstić information content (AvgIpc) is 3.38. The van der Waals surface area contributed by atoms with Crippen molar-refractivity contribution >= 4 is 11.3 Å². The molecule has 1 atom stereocenters. The van der Waals surface area contributed by atoms with Gasteiger partial charge in [-0.1, -0.05) is 32.0 Å². The number of methoxy groups -OCH3 is 2. The molecule has 29 heavy (non-hydrogen) atoms. The molecule has 0 N–H and O–H groups in total. The largest absolute Gasteiger partial charge is 0.493 e. The van der Waals surface area contributed by atoms with Crippen LogP contribution >= 0.6 is 11.3 Å². The Labute approximate surface area is 175 Å². The van der Waals surface area contributed by atoms with Gasteiger partial charge in [-0.25, -0.2) is 0 Å². The number of benzene rings is 1. The van der Waals surface area contributed by atoms with E-state index in [-0.39, 0.29) is 11.5 Å². The Bertz CT molecular complexity index is 976. The van der Waals surface area contributed by atoms with E-state index in [1.807, 2.05) is 0 Å². The Morgan fingerprint density at radius 1 is 1.21 bits per heavy atom. The van der Waals surface area contributed by atoms with Gasteiger partial charge in [0.25, 0.3) is 0 Å². The van der Waals surface area contributed by atoms with Crippen LogP contribution in [0.25, 0.3) is 0 Å². The van der Waals surface area contributed by atoms with E-state index in [0.717, 1.165) is 30.3 Å². The van der Waals surface area contributed by atoms with Gasteiger partial charge in [0.05, 0.1) is 26.8 Å². The average molecular weight is 414 g/mol. The lowest BCUT2D eigenvalue weighted by molar-refractivity contribution is 0.179. The molecule has 0 aliphatic carbocycles. The molecular formula is C22H27N3O3S. The van der Waals surface area contributed by atoms with Gasteiger partial charge in [0.2, 0.25) is 5.89 Å². The molecule has 0 unspecified atom stereocenters. The van der Waals surface area contributed by atoms with Gasteiger partial charge in [0, 0.05) is 16.8 Å². The van der Waals surface area contributed by atoms with Crippen LogP contribution in [0.2, 0.25) is 0 Å². The molecule has 2 aromatic heterocycles. The summed E-state index contributed by atoms with van der Waals surface area (Å²) in [5.41, 5.74) is 2.40. The third-order valence-electron chi connectivity index (χ3n) is 5.26. The van der Waals surface area contributed by atoms with Gasteiger partial charge in [0.15, 0.2) is 17.3 Å². The van der Waals surface area contributed by atoms with E-state index in [1.54, 1.807) is 25.6 Å².